The Kier molecular flexibility index (Phi) is 6.51. The summed E-state index contributed by atoms with van der Waals surface area (Å²) >= 11 is 5.86. The summed E-state index contributed by atoms with van der Waals surface area (Å²) in [5.74, 6) is 0. The van der Waals surface area contributed by atoms with Gasteiger partial charge in [0.2, 0.25) is 0 Å². The van der Waals surface area contributed by atoms with Gasteiger partial charge in [-0.15, -0.1) is 0 Å². The Hall–Kier alpha value is -2.46. The lowest BCUT2D eigenvalue weighted by molar-refractivity contribution is 0.140. The largest absolute Gasteiger partial charge is 0.445 e. The number of rotatable bonds is 6. The highest BCUT2D eigenvalue weighted by atomic mass is 35.5. The summed E-state index contributed by atoms with van der Waals surface area (Å²) in [4.78, 5) is 11.5. The van der Waals surface area contributed by atoms with Crippen LogP contribution in [0.4, 0.5) is 10.5 Å². The van der Waals surface area contributed by atoms with Crippen LogP contribution in [0, 0.1) is 0 Å². The van der Waals surface area contributed by atoms with Crippen molar-refractivity contribution in [2.45, 2.75) is 13.0 Å². The van der Waals surface area contributed by atoms with Gasteiger partial charge in [-0.05, 0) is 29.7 Å². The maximum absolute atomic E-state index is 11.5. The van der Waals surface area contributed by atoms with Crippen molar-refractivity contribution in [2.24, 2.45) is 0 Å². The van der Waals surface area contributed by atoms with Crippen molar-refractivity contribution in [1.29, 1.82) is 0 Å². The molecule has 0 aliphatic carbocycles. The fourth-order valence-corrected chi connectivity index (χ4v) is 2.03. The van der Waals surface area contributed by atoms with Crippen LogP contribution in [0.5, 0.6) is 0 Å². The molecule has 0 aliphatic rings. The number of halogens is 1. The molecule has 0 unspecified atom stereocenters. The second kappa shape index (κ2) is 8.86. The Labute approximate surface area is 140 Å². The Morgan fingerprint density at radius 1 is 1.22 bits per heavy atom. The molecule has 0 fully saturated rings. The topological polar surface area (TPSA) is 64.3 Å². The van der Waals surface area contributed by atoms with E-state index in [4.69, 9.17) is 22.1 Å². The fraction of sp³-hybridized carbons (Fsp3) is 0.167. The summed E-state index contributed by atoms with van der Waals surface area (Å²) in [6.45, 7) is 0.778. The number of ether oxygens (including phenoxy) is 1. The number of amides is 1. The molecule has 2 rings (SSSR count). The molecule has 0 saturated heterocycles. The first-order valence-electron chi connectivity index (χ1n) is 7.31. The molecular formula is C18H19ClN2O2. The number of benzene rings is 2. The molecule has 0 bridgehead atoms. The van der Waals surface area contributed by atoms with Gasteiger partial charge in [-0.25, -0.2) is 4.79 Å². The third-order valence-corrected chi connectivity index (χ3v) is 3.47. The molecule has 2 aromatic carbocycles. The Morgan fingerprint density at radius 3 is 2.74 bits per heavy atom. The molecule has 4 nitrogen and oxygen atoms in total. The lowest BCUT2D eigenvalue weighted by Gasteiger charge is -2.06. The summed E-state index contributed by atoms with van der Waals surface area (Å²) in [6, 6.07) is 15.0. The first-order valence-corrected chi connectivity index (χ1v) is 7.69. The smallest absolute Gasteiger partial charge is 0.407 e. The van der Waals surface area contributed by atoms with Gasteiger partial charge in [0.05, 0.1) is 10.7 Å². The molecule has 0 spiro atoms. The molecule has 0 atom stereocenters. The number of nitrogens with two attached hydrogens (primary N) is 1. The fourth-order valence-electron chi connectivity index (χ4n) is 1.92. The van der Waals surface area contributed by atoms with Crippen LogP contribution in [0.3, 0.4) is 0 Å². The molecule has 23 heavy (non-hydrogen) atoms. The summed E-state index contributed by atoms with van der Waals surface area (Å²) in [5.41, 5.74) is 8.22. The monoisotopic (exact) mass is 330 g/mol. The van der Waals surface area contributed by atoms with Crippen molar-refractivity contribution < 1.29 is 9.53 Å². The van der Waals surface area contributed by atoms with E-state index in [0.717, 1.165) is 11.1 Å². The average Bonchev–Trinajstić information content (AvgIpc) is 2.57. The quantitative estimate of drug-likeness (QED) is 0.614. The first kappa shape index (κ1) is 16.9. The number of hydrogen-bond donors (Lipinski definition) is 2. The van der Waals surface area contributed by atoms with E-state index in [0.29, 0.717) is 23.7 Å². The number of nitrogen functional groups attached to an aromatic ring is 1. The molecule has 0 saturated carbocycles. The van der Waals surface area contributed by atoms with Gasteiger partial charge in [0, 0.05) is 6.54 Å². The Bertz CT molecular complexity index is 672. The Morgan fingerprint density at radius 2 is 2.00 bits per heavy atom. The van der Waals surface area contributed by atoms with Crippen LogP contribution in [0.1, 0.15) is 17.5 Å². The minimum Gasteiger partial charge on any atom is -0.445 e. The van der Waals surface area contributed by atoms with Gasteiger partial charge in [-0.2, -0.15) is 0 Å². The second-order valence-corrected chi connectivity index (χ2v) is 5.37. The van der Waals surface area contributed by atoms with Crippen LogP contribution in [-0.2, 0) is 11.3 Å². The molecule has 120 valence electrons. The standard InChI is InChI=1S/C18H19ClN2O2/c19-16-10-9-14(12-17(16)20)6-4-5-11-21-18(22)23-13-15-7-2-1-3-8-15/h1-4,6-10,12H,5,11,13,20H2,(H,21,22). The summed E-state index contributed by atoms with van der Waals surface area (Å²) in [6.07, 6.45) is 4.17. The third-order valence-electron chi connectivity index (χ3n) is 3.12. The summed E-state index contributed by atoms with van der Waals surface area (Å²) in [7, 11) is 0. The summed E-state index contributed by atoms with van der Waals surface area (Å²) < 4.78 is 5.12. The maximum atomic E-state index is 11.5. The minimum absolute atomic E-state index is 0.270. The van der Waals surface area contributed by atoms with E-state index in [1.165, 1.54) is 0 Å². The SMILES string of the molecule is Nc1cc(C=CCCNC(=O)OCc2ccccc2)ccc1Cl. The number of anilines is 1. The van der Waals surface area contributed by atoms with Crippen LogP contribution in [0.15, 0.2) is 54.6 Å². The van der Waals surface area contributed by atoms with Gasteiger partial charge in [0.1, 0.15) is 6.61 Å². The van der Waals surface area contributed by atoms with Gasteiger partial charge in [-0.3, -0.25) is 0 Å². The highest BCUT2D eigenvalue weighted by Crippen LogP contribution is 2.20. The highest BCUT2D eigenvalue weighted by Gasteiger charge is 2.00. The van der Waals surface area contributed by atoms with Crippen LogP contribution in [0.25, 0.3) is 6.08 Å². The highest BCUT2D eigenvalue weighted by molar-refractivity contribution is 6.33. The van der Waals surface area contributed by atoms with Crippen molar-refractivity contribution >= 4 is 29.5 Å². The summed E-state index contributed by atoms with van der Waals surface area (Å²) in [5, 5.41) is 3.25. The normalized spacial score (nSPS) is 10.7. The van der Waals surface area contributed by atoms with Crippen LogP contribution in [-0.4, -0.2) is 12.6 Å². The van der Waals surface area contributed by atoms with Crippen LogP contribution in [0.2, 0.25) is 5.02 Å². The number of nitrogens with one attached hydrogen (secondary N) is 1. The van der Waals surface area contributed by atoms with Crippen molar-refractivity contribution in [3.05, 3.63) is 70.8 Å². The van der Waals surface area contributed by atoms with Gasteiger partial charge in [-0.1, -0.05) is 60.2 Å². The van der Waals surface area contributed by atoms with E-state index >= 15 is 0 Å². The van der Waals surface area contributed by atoms with Crippen LogP contribution < -0.4 is 11.1 Å². The molecule has 1 amide bonds. The lowest BCUT2D eigenvalue weighted by atomic mass is 10.2. The molecule has 0 radical (unpaired) electrons. The van der Waals surface area contributed by atoms with Crippen molar-refractivity contribution in [1.82, 2.24) is 5.32 Å². The molecule has 2 aromatic rings. The van der Waals surface area contributed by atoms with E-state index in [9.17, 15) is 4.79 Å². The third kappa shape index (κ3) is 6.04. The van der Waals surface area contributed by atoms with E-state index in [2.05, 4.69) is 5.32 Å². The molecule has 0 aromatic heterocycles. The van der Waals surface area contributed by atoms with E-state index in [1.807, 2.05) is 48.6 Å². The van der Waals surface area contributed by atoms with Crippen molar-refractivity contribution in [3.63, 3.8) is 0 Å². The average molecular weight is 331 g/mol. The first-order chi connectivity index (χ1) is 11.1. The van der Waals surface area contributed by atoms with E-state index in [-0.39, 0.29) is 6.61 Å². The second-order valence-electron chi connectivity index (χ2n) is 4.96. The zero-order valence-electron chi connectivity index (χ0n) is 12.7. The van der Waals surface area contributed by atoms with Crippen molar-refractivity contribution in [3.8, 4) is 0 Å². The van der Waals surface area contributed by atoms with Gasteiger partial charge in [0.15, 0.2) is 0 Å². The molecule has 5 heteroatoms. The van der Waals surface area contributed by atoms with Crippen molar-refractivity contribution in [2.75, 3.05) is 12.3 Å². The predicted molar refractivity (Wildman–Crippen MR) is 94.1 cm³/mol. The zero-order valence-corrected chi connectivity index (χ0v) is 13.4. The number of carbonyl (C=O) groups excluding carboxylic acids is 1. The lowest BCUT2D eigenvalue weighted by Crippen LogP contribution is -2.24. The molecule has 0 heterocycles. The molecule has 3 N–H and O–H groups in total. The zero-order chi connectivity index (χ0) is 16.5. The number of hydrogen-bond acceptors (Lipinski definition) is 3. The van der Waals surface area contributed by atoms with E-state index in [1.54, 1.807) is 12.1 Å². The minimum atomic E-state index is -0.419. The van der Waals surface area contributed by atoms with E-state index < -0.39 is 6.09 Å². The maximum Gasteiger partial charge on any atom is 0.407 e. The van der Waals surface area contributed by atoms with Gasteiger partial charge in [0.25, 0.3) is 0 Å². The van der Waals surface area contributed by atoms with Crippen LogP contribution >= 0.6 is 11.6 Å². The number of alkyl carbamates (subject to hydrolysis) is 1. The van der Waals surface area contributed by atoms with Gasteiger partial charge < -0.3 is 15.8 Å². The number of carbonyl (C=O) groups is 1. The van der Waals surface area contributed by atoms with Gasteiger partial charge >= 0.3 is 6.09 Å². The predicted octanol–water partition coefficient (Wildman–Crippen LogP) is 4.25. The Balaban J connectivity index is 1.65. The molecule has 0 aliphatic heterocycles. The molecular weight excluding hydrogens is 312 g/mol.